The lowest BCUT2D eigenvalue weighted by Gasteiger charge is -2.10. The second-order valence-corrected chi connectivity index (χ2v) is 5.84. The van der Waals surface area contributed by atoms with Crippen molar-refractivity contribution in [1.82, 2.24) is 4.57 Å². The molecule has 1 N–H and O–H groups in total. The van der Waals surface area contributed by atoms with Crippen LogP contribution in [0.25, 0.3) is 10.9 Å². The molecule has 0 radical (unpaired) electrons. The maximum Gasteiger partial charge on any atom is 0.115 e. The summed E-state index contributed by atoms with van der Waals surface area (Å²) in [5.41, 5.74) is 1.76. The number of hydrogen-bond donors (Lipinski definition) is 1. The molecule has 0 amide bonds. The lowest BCUT2D eigenvalue weighted by atomic mass is 10.1. The number of aliphatic hydroxyl groups excluding tert-OH is 1. The number of aromatic nitrogens is 1. The van der Waals surface area contributed by atoms with Crippen molar-refractivity contribution in [3.63, 3.8) is 0 Å². The third-order valence-electron chi connectivity index (χ3n) is 2.97. The van der Waals surface area contributed by atoms with E-state index in [4.69, 9.17) is 23.2 Å². The molecule has 0 saturated carbocycles. The van der Waals surface area contributed by atoms with Crippen molar-refractivity contribution in [1.29, 1.82) is 0 Å². The van der Waals surface area contributed by atoms with Gasteiger partial charge in [-0.2, -0.15) is 0 Å². The molecule has 0 aliphatic rings. The summed E-state index contributed by atoms with van der Waals surface area (Å²) in [6.07, 6.45) is -0.588. The first-order valence-electron chi connectivity index (χ1n) is 6.07. The number of benzene rings is 1. The topological polar surface area (TPSA) is 25.2 Å². The van der Waals surface area contributed by atoms with Gasteiger partial charge in [0, 0.05) is 22.5 Å². The summed E-state index contributed by atoms with van der Waals surface area (Å²) >= 11 is 12.5. The van der Waals surface area contributed by atoms with Crippen LogP contribution in [0.2, 0.25) is 10.2 Å². The van der Waals surface area contributed by atoms with Gasteiger partial charge in [-0.05, 0) is 25.0 Å². The van der Waals surface area contributed by atoms with Crippen molar-refractivity contribution < 1.29 is 5.11 Å². The smallest absolute Gasteiger partial charge is 0.115 e. The molecule has 0 spiro atoms. The fourth-order valence-corrected chi connectivity index (χ4v) is 2.85. The normalized spacial score (nSPS) is 13.5. The first kappa shape index (κ1) is 13.7. The third kappa shape index (κ3) is 2.37. The molecule has 0 aliphatic carbocycles. The molecule has 2 aromatic rings. The quantitative estimate of drug-likeness (QED) is 0.872. The fraction of sp³-hybridized carbons (Fsp3) is 0.429. The minimum atomic E-state index is -0.588. The van der Waals surface area contributed by atoms with Gasteiger partial charge in [0.2, 0.25) is 0 Å². The lowest BCUT2D eigenvalue weighted by Crippen LogP contribution is -2.04. The second kappa shape index (κ2) is 5.12. The molecule has 18 heavy (non-hydrogen) atoms. The van der Waals surface area contributed by atoms with Gasteiger partial charge in [0.1, 0.15) is 5.15 Å². The number of nitrogens with zero attached hydrogens (tertiary/aromatic N) is 1. The molecule has 2 rings (SSSR count). The second-order valence-electron chi connectivity index (χ2n) is 5.05. The van der Waals surface area contributed by atoms with Crippen LogP contribution in [0.5, 0.6) is 0 Å². The molecule has 98 valence electrons. The van der Waals surface area contributed by atoms with E-state index < -0.39 is 6.10 Å². The highest BCUT2D eigenvalue weighted by Gasteiger charge is 2.19. The zero-order valence-corrected chi connectivity index (χ0v) is 12.3. The third-order valence-corrected chi connectivity index (χ3v) is 3.61. The Morgan fingerprint density at radius 1 is 1.22 bits per heavy atom. The SMILES string of the molecule is CC(C)Cn1c(Cl)c(C(C)O)c2ccc(Cl)cc21. The maximum absolute atomic E-state index is 9.89. The summed E-state index contributed by atoms with van der Waals surface area (Å²) in [6, 6.07) is 5.64. The summed E-state index contributed by atoms with van der Waals surface area (Å²) in [4.78, 5) is 0. The first-order valence-corrected chi connectivity index (χ1v) is 6.82. The molecule has 0 aliphatic heterocycles. The summed E-state index contributed by atoms with van der Waals surface area (Å²) in [6.45, 7) is 6.81. The van der Waals surface area contributed by atoms with E-state index in [2.05, 4.69) is 13.8 Å². The standard InChI is InChI=1S/C14H17Cl2NO/c1-8(2)7-17-12-6-10(15)4-5-11(12)13(9(3)18)14(17)16/h4-6,8-9,18H,7H2,1-3H3. The maximum atomic E-state index is 9.89. The van der Waals surface area contributed by atoms with Crippen molar-refractivity contribution in [2.75, 3.05) is 0 Å². The molecule has 0 fully saturated rings. The Morgan fingerprint density at radius 2 is 1.89 bits per heavy atom. The van der Waals surface area contributed by atoms with Crippen molar-refractivity contribution in [3.05, 3.63) is 33.9 Å². The van der Waals surface area contributed by atoms with Crippen LogP contribution in [0.3, 0.4) is 0 Å². The molecular weight excluding hydrogens is 269 g/mol. The van der Waals surface area contributed by atoms with Crippen LogP contribution < -0.4 is 0 Å². The monoisotopic (exact) mass is 285 g/mol. The number of aliphatic hydroxyl groups is 1. The van der Waals surface area contributed by atoms with Crippen LogP contribution in [0.15, 0.2) is 18.2 Å². The Hall–Kier alpha value is -0.700. The zero-order valence-electron chi connectivity index (χ0n) is 10.7. The molecule has 4 heteroatoms. The minimum absolute atomic E-state index is 0.471. The highest BCUT2D eigenvalue weighted by Crippen LogP contribution is 2.36. The van der Waals surface area contributed by atoms with Gasteiger partial charge < -0.3 is 9.67 Å². The highest BCUT2D eigenvalue weighted by molar-refractivity contribution is 6.33. The Morgan fingerprint density at radius 3 is 2.44 bits per heavy atom. The minimum Gasteiger partial charge on any atom is -0.389 e. The summed E-state index contributed by atoms with van der Waals surface area (Å²) < 4.78 is 2.02. The lowest BCUT2D eigenvalue weighted by molar-refractivity contribution is 0.200. The molecule has 0 saturated heterocycles. The molecule has 1 heterocycles. The van der Waals surface area contributed by atoms with Crippen LogP contribution in [-0.4, -0.2) is 9.67 Å². The van der Waals surface area contributed by atoms with Gasteiger partial charge in [-0.25, -0.2) is 0 Å². The number of hydrogen-bond acceptors (Lipinski definition) is 1. The van der Waals surface area contributed by atoms with E-state index in [1.165, 1.54) is 0 Å². The average Bonchev–Trinajstić information content (AvgIpc) is 2.52. The first-order chi connectivity index (χ1) is 8.41. The van der Waals surface area contributed by atoms with Crippen molar-refractivity contribution in [2.24, 2.45) is 5.92 Å². The number of fused-ring (bicyclic) bond motifs is 1. The van der Waals surface area contributed by atoms with Crippen molar-refractivity contribution >= 4 is 34.1 Å². The van der Waals surface area contributed by atoms with E-state index in [1.807, 2.05) is 22.8 Å². The van der Waals surface area contributed by atoms with Gasteiger partial charge in [-0.3, -0.25) is 0 Å². The predicted octanol–water partition coefficient (Wildman–Crippen LogP) is 4.66. The van der Waals surface area contributed by atoms with Crippen LogP contribution in [0, 0.1) is 5.92 Å². The molecular formula is C14H17Cl2NO. The number of halogens is 2. The molecule has 1 atom stereocenters. The molecule has 1 aromatic carbocycles. The van der Waals surface area contributed by atoms with Gasteiger partial charge in [0.15, 0.2) is 0 Å². The van der Waals surface area contributed by atoms with Crippen molar-refractivity contribution in [3.8, 4) is 0 Å². The Balaban J connectivity index is 2.74. The summed E-state index contributed by atoms with van der Waals surface area (Å²) in [7, 11) is 0. The molecule has 0 bridgehead atoms. The van der Waals surface area contributed by atoms with E-state index in [0.29, 0.717) is 16.1 Å². The zero-order chi connectivity index (χ0) is 13.4. The Labute approximate surface area is 117 Å². The van der Waals surface area contributed by atoms with Gasteiger partial charge in [-0.1, -0.05) is 43.1 Å². The number of rotatable bonds is 3. The van der Waals surface area contributed by atoms with Gasteiger partial charge in [0.25, 0.3) is 0 Å². The summed E-state index contributed by atoms with van der Waals surface area (Å²) in [5.74, 6) is 0.471. The van der Waals surface area contributed by atoms with E-state index in [9.17, 15) is 5.11 Å². The van der Waals surface area contributed by atoms with E-state index >= 15 is 0 Å². The van der Waals surface area contributed by atoms with Crippen LogP contribution in [0.1, 0.15) is 32.4 Å². The van der Waals surface area contributed by atoms with Gasteiger partial charge >= 0.3 is 0 Å². The van der Waals surface area contributed by atoms with E-state index in [-0.39, 0.29) is 0 Å². The van der Waals surface area contributed by atoms with E-state index in [0.717, 1.165) is 23.0 Å². The largest absolute Gasteiger partial charge is 0.389 e. The van der Waals surface area contributed by atoms with Crippen molar-refractivity contribution in [2.45, 2.75) is 33.4 Å². The van der Waals surface area contributed by atoms with Crippen LogP contribution >= 0.6 is 23.2 Å². The fourth-order valence-electron chi connectivity index (χ4n) is 2.26. The molecule has 1 unspecified atom stereocenters. The Bertz CT molecular complexity index is 573. The molecule has 2 nitrogen and oxygen atoms in total. The van der Waals surface area contributed by atoms with Gasteiger partial charge in [-0.15, -0.1) is 0 Å². The van der Waals surface area contributed by atoms with E-state index in [1.54, 1.807) is 6.92 Å². The van der Waals surface area contributed by atoms with Gasteiger partial charge in [0.05, 0.1) is 11.6 Å². The van der Waals surface area contributed by atoms with Crippen LogP contribution in [0.4, 0.5) is 0 Å². The summed E-state index contributed by atoms with van der Waals surface area (Å²) in [5, 5.41) is 12.1. The molecule has 1 aromatic heterocycles. The van der Waals surface area contributed by atoms with Crippen LogP contribution in [-0.2, 0) is 6.54 Å². The Kier molecular flexibility index (Phi) is 3.90. The predicted molar refractivity (Wildman–Crippen MR) is 77.4 cm³/mol. The highest BCUT2D eigenvalue weighted by atomic mass is 35.5. The average molecular weight is 286 g/mol.